The highest BCUT2D eigenvalue weighted by atomic mass is 79.9. The standard InChI is InChI=1S/C14H16BrN3O/c1-16-9-11-8-12(15)10-18-14(11)19-7-5-13-4-2-3-6-17-13/h2-4,6,8,10,16H,5,7,9H2,1H3. The fourth-order valence-corrected chi connectivity index (χ4v) is 2.09. The van der Waals surface area contributed by atoms with Crippen molar-refractivity contribution in [3.05, 3.63) is 52.4 Å². The van der Waals surface area contributed by atoms with E-state index in [9.17, 15) is 0 Å². The molecule has 0 aliphatic heterocycles. The number of nitrogens with zero attached hydrogens (tertiary/aromatic N) is 2. The van der Waals surface area contributed by atoms with E-state index in [4.69, 9.17) is 4.74 Å². The van der Waals surface area contributed by atoms with Gasteiger partial charge in [0.25, 0.3) is 0 Å². The third-order valence-corrected chi connectivity index (χ3v) is 3.02. The number of hydrogen-bond acceptors (Lipinski definition) is 4. The lowest BCUT2D eigenvalue weighted by atomic mass is 10.2. The Kier molecular flexibility index (Phi) is 5.30. The number of ether oxygens (including phenoxy) is 1. The molecule has 19 heavy (non-hydrogen) atoms. The summed E-state index contributed by atoms with van der Waals surface area (Å²) < 4.78 is 6.69. The molecule has 0 amide bonds. The molecule has 5 heteroatoms. The molecule has 0 unspecified atom stereocenters. The lowest BCUT2D eigenvalue weighted by Crippen LogP contribution is -2.10. The van der Waals surface area contributed by atoms with Crippen LogP contribution in [0.15, 0.2) is 41.1 Å². The zero-order valence-electron chi connectivity index (χ0n) is 10.8. The second-order valence-corrected chi connectivity index (χ2v) is 4.98. The van der Waals surface area contributed by atoms with Crippen molar-refractivity contribution in [3.8, 4) is 5.88 Å². The first-order chi connectivity index (χ1) is 9.29. The predicted molar refractivity (Wildman–Crippen MR) is 78.1 cm³/mol. The van der Waals surface area contributed by atoms with Gasteiger partial charge in [-0.15, -0.1) is 0 Å². The van der Waals surface area contributed by atoms with E-state index < -0.39 is 0 Å². The van der Waals surface area contributed by atoms with Crippen molar-refractivity contribution in [2.45, 2.75) is 13.0 Å². The highest BCUT2D eigenvalue weighted by Gasteiger charge is 2.06. The fraction of sp³-hybridized carbons (Fsp3) is 0.286. The molecular weight excluding hydrogens is 306 g/mol. The summed E-state index contributed by atoms with van der Waals surface area (Å²) in [5.74, 6) is 0.675. The van der Waals surface area contributed by atoms with Crippen LogP contribution in [0, 0.1) is 0 Å². The molecule has 2 heterocycles. The van der Waals surface area contributed by atoms with E-state index >= 15 is 0 Å². The van der Waals surface area contributed by atoms with Crippen molar-refractivity contribution in [1.29, 1.82) is 0 Å². The van der Waals surface area contributed by atoms with Crippen LogP contribution in [0.5, 0.6) is 5.88 Å². The summed E-state index contributed by atoms with van der Waals surface area (Å²) in [4.78, 5) is 8.56. The highest BCUT2D eigenvalue weighted by Crippen LogP contribution is 2.20. The molecule has 4 nitrogen and oxygen atoms in total. The van der Waals surface area contributed by atoms with Gasteiger partial charge in [0.15, 0.2) is 0 Å². The molecule has 2 rings (SSSR count). The molecule has 0 spiro atoms. The average Bonchev–Trinajstić information content (AvgIpc) is 2.43. The predicted octanol–water partition coefficient (Wildman–Crippen LogP) is 2.58. The second kappa shape index (κ2) is 7.21. The molecule has 0 saturated carbocycles. The number of aromatic nitrogens is 2. The van der Waals surface area contributed by atoms with E-state index in [2.05, 4.69) is 31.2 Å². The number of hydrogen-bond donors (Lipinski definition) is 1. The van der Waals surface area contributed by atoms with E-state index in [0.717, 1.165) is 28.7 Å². The number of nitrogens with one attached hydrogen (secondary N) is 1. The summed E-state index contributed by atoms with van der Waals surface area (Å²) in [6, 6.07) is 7.89. The maximum Gasteiger partial charge on any atom is 0.217 e. The van der Waals surface area contributed by atoms with Crippen LogP contribution in [0.3, 0.4) is 0 Å². The molecule has 0 radical (unpaired) electrons. The van der Waals surface area contributed by atoms with Gasteiger partial charge >= 0.3 is 0 Å². The monoisotopic (exact) mass is 321 g/mol. The Morgan fingerprint density at radius 3 is 2.95 bits per heavy atom. The van der Waals surface area contributed by atoms with Gasteiger partial charge in [-0.05, 0) is 41.2 Å². The third kappa shape index (κ3) is 4.29. The van der Waals surface area contributed by atoms with Crippen molar-refractivity contribution in [1.82, 2.24) is 15.3 Å². The van der Waals surface area contributed by atoms with Crippen LogP contribution in [0.25, 0.3) is 0 Å². The van der Waals surface area contributed by atoms with E-state index in [1.165, 1.54) is 0 Å². The van der Waals surface area contributed by atoms with Gasteiger partial charge in [-0.1, -0.05) is 6.07 Å². The molecule has 1 N–H and O–H groups in total. The molecule has 0 aromatic carbocycles. The van der Waals surface area contributed by atoms with Crippen LogP contribution in [-0.2, 0) is 13.0 Å². The number of rotatable bonds is 6. The first-order valence-corrected chi connectivity index (χ1v) is 6.90. The van der Waals surface area contributed by atoms with Crippen LogP contribution >= 0.6 is 15.9 Å². The number of halogens is 1. The van der Waals surface area contributed by atoms with Gasteiger partial charge in [-0.3, -0.25) is 4.98 Å². The molecule has 0 atom stereocenters. The molecule has 2 aromatic heterocycles. The maximum atomic E-state index is 5.74. The zero-order chi connectivity index (χ0) is 13.5. The van der Waals surface area contributed by atoms with Crippen molar-refractivity contribution in [2.75, 3.05) is 13.7 Å². The molecule has 0 saturated heterocycles. The smallest absolute Gasteiger partial charge is 0.217 e. The fourth-order valence-electron chi connectivity index (χ4n) is 1.71. The Morgan fingerprint density at radius 1 is 1.32 bits per heavy atom. The van der Waals surface area contributed by atoms with E-state index in [-0.39, 0.29) is 0 Å². The largest absolute Gasteiger partial charge is 0.477 e. The SMILES string of the molecule is CNCc1cc(Br)cnc1OCCc1ccccn1. The summed E-state index contributed by atoms with van der Waals surface area (Å²) >= 11 is 3.42. The summed E-state index contributed by atoms with van der Waals surface area (Å²) in [5.41, 5.74) is 2.06. The topological polar surface area (TPSA) is 47.0 Å². The van der Waals surface area contributed by atoms with E-state index in [1.807, 2.05) is 31.3 Å². The quantitative estimate of drug-likeness (QED) is 0.888. The van der Waals surface area contributed by atoms with Gasteiger partial charge in [0.1, 0.15) is 0 Å². The minimum absolute atomic E-state index is 0.572. The zero-order valence-corrected chi connectivity index (χ0v) is 12.4. The molecule has 0 aliphatic carbocycles. The minimum Gasteiger partial charge on any atom is -0.477 e. The van der Waals surface area contributed by atoms with Crippen LogP contribution in [0.1, 0.15) is 11.3 Å². The van der Waals surface area contributed by atoms with Crippen LogP contribution in [-0.4, -0.2) is 23.6 Å². The Bertz CT molecular complexity index is 519. The molecular formula is C14H16BrN3O. The lowest BCUT2D eigenvalue weighted by molar-refractivity contribution is 0.304. The second-order valence-electron chi connectivity index (χ2n) is 4.07. The summed E-state index contributed by atoms with van der Waals surface area (Å²) in [5, 5.41) is 3.11. The van der Waals surface area contributed by atoms with Gasteiger partial charge in [0.2, 0.25) is 5.88 Å². The van der Waals surface area contributed by atoms with Gasteiger partial charge in [0.05, 0.1) is 6.61 Å². The van der Waals surface area contributed by atoms with Crippen molar-refractivity contribution in [2.24, 2.45) is 0 Å². The van der Waals surface area contributed by atoms with Gasteiger partial charge in [-0.25, -0.2) is 4.98 Å². The third-order valence-electron chi connectivity index (χ3n) is 2.58. The molecule has 2 aromatic rings. The van der Waals surface area contributed by atoms with Gasteiger partial charge in [-0.2, -0.15) is 0 Å². The average molecular weight is 322 g/mol. The van der Waals surface area contributed by atoms with Crippen molar-refractivity contribution in [3.63, 3.8) is 0 Å². The summed E-state index contributed by atoms with van der Waals surface area (Å²) in [6.07, 6.45) is 4.31. The Morgan fingerprint density at radius 2 is 2.21 bits per heavy atom. The normalized spacial score (nSPS) is 10.4. The van der Waals surface area contributed by atoms with Crippen molar-refractivity contribution >= 4 is 15.9 Å². The Hall–Kier alpha value is -1.46. The van der Waals surface area contributed by atoms with Crippen LogP contribution in [0.4, 0.5) is 0 Å². The summed E-state index contributed by atoms with van der Waals surface area (Å²) in [7, 11) is 1.90. The Labute approximate surface area is 121 Å². The first kappa shape index (κ1) is 14.0. The molecule has 0 fully saturated rings. The Balaban J connectivity index is 1.95. The number of pyridine rings is 2. The van der Waals surface area contributed by atoms with Gasteiger partial charge in [0, 0.05) is 41.1 Å². The van der Waals surface area contributed by atoms with E-state index in [1.54, 1.807) is 12.4 Å². The van der Waals surface area contributed by atoms with Crippen molar-refractivity contribution < 1.29 is 4.74 Å². The maximum absolute atomic E-state index is 5.74. The molecule has 0 aliphatic rings. The molecule has 100 valence electrons. The van der Waals surface area contributed by atoms with Crippen LogP contribution in [0.2, 0.25) is 0 Å². The summed E-state index contributed by atoms with van der Waals surface area (Å²) in [6.45, 7) is 1.30. The van der Waals surface area contributed by atoms with E-state index in [0.29, 0.717) is 12.5 Å². The highest BCUT2D eigenvalue weighted by molar-refractivity contribution is 9.10. The minimum atomic E-state index is 0.572. The first-order valence-electron chi connectivity index (χ1n) is 6.11. The molecule has 0 bridgehead atoms. The lowest BCUT2D eigenvalue weighted by Gasteiger charge is -2.10. The van der Waals surface area contributed by atoms with Crippen LogP contribution < -0.4 is 10.1 Å². The van der Waals surface area contributed by atoms with Gasteiger partial charge < -0.3 is 10.1 Å².